The average Bonchev–Trinajstić information content (AvgIpc) is 2.76. The van der Waals surface area contributed by atoms with E-state index < -0.39 is 6.10 Å². The molecule has 2 aromatic rings. The van der Waals surface area contributed by atoms with Crippen molar-refractivity contribution in [2.75, 3.05) is 5.73 Å². The Hall–Kier alpha value is -1.81. The minimum Gasteiger partial charge on any atom is -0.398 e. The minimum absolute atomic E-state index is 0.481. The molecule has 1 unspecified atom stereocenters. The predicted octanol–water partition coefficient (Wildman–Crippen LogP) is 1.76. The number of nitrogens with two attached hydrogens (primary N) is 1. The van der Waals surface area contributed by atoms with Crippen LogP contribution in [-0.2, 0) is 13.0 Å². The van der Waals surface area contributed by atoms with Gasteiger partial charge in [0, 0.05) is 36.6 Å². The summed E-state index contributed by atoms with van der Waals surface area (Å²) < 4.78 is 2.02. The van der Waals surface area contributed by atoms with Gasteiger partial charge in [-0.25, -0.2) is 4.98 Å². The van der Waals surface area contributed by atoms with Gasteiger partial charge in [-0.1, -0.05) is 18.2 Å². The lowest BCUT2D eigenvalue weighted by molar-refractivity contribution is 0.175. The van der Waals surface area contributed by atoms with Crippen LogP contribution in [0.15, 0.2) is 36.7 Å². The molecular formula is C13H17N3O. The normalized spacial score (nSPS) is 12.6. The zero-order valence-corrected chi connectivity index (χ0v) is 9.87. The fraction of sp³-hybridized carbons (Fsp3) is 0.308. The lowest BCUT2D eigenvalue weighted by atomic mass is 10.0. The number of rotatable bonds is 4. The predicted molar refractivity (Wildman–Crippen MR) is 67.4 cm³/mol. The van der Waals surface area contributed by atoms with Gasteiger partial charge in [0.15, 0.2) is 0 Å². The second-order valence-electron chi connectivity index (χ2n) is 3.98. The fourth-order valence-corrected chi connectivity index (χ4v) is 1.92. The molecule has 0 amide bonds. The Labute approximate surface area is 101 Å². The van der Waals surface area contributed by atoms with Crippen molar-refractivity contribution in [3.63, 3.8) is 0 Å². The van der Waals surface area contributed by atoms with Crippen LogP contribution in [0.25, 0.3) is 0 Å². The summed E-state index contributed by atoms with van der Waals surface area (Å²) in [6, 6.07) is 7.38. The maximum atomic E-state index is 10.2. The molecule has 0 bridgehead atoms. The Morgan fingerprint density at radius 3 is 2.88 bits per heavy atom. The van der Waals surface area contributed by atoms with E-state index in [9.17, 15) is 5.11 Å². The standard InChI is InChI=1S/C13H17N3O/c1-2-16-8-7-15-13(16)9-12(17)10-5-3-4-6-11(10)14/h3-8,12,17H,2,9,14H2,1H3. The molecule has 0 aliphatic rings. The van der Waals surface area contributed by atoms with Crippen LogP contribution in [-0.4, -0.2) is 14.7 Å². The van der Waals surface area contributed by atoms with Crippen LogP contribution in [0.5, 0.6) is 0 Å². The van der Waals surface area contributed by atoms with Crippen molar-refractivity contribution in [3.8, 4) is 0 Å². The Kier molecular flexibility index (Phi) is 3.44. The number of aliphatic hydroxyl groups excluding tert-OH is 1. The van der Waals surface area contributed by atoms with Crippen molar-refractivity contribution in [3.05, 3.63) is 48.0 Å². The number of nitrogen functional groups attached to an aromatic ring is 1. The summed E-state index contributed by atoms with van der Waals surface area (Å²) in [4.78, 5) is 4.24. The van der Waals surface area contributed by atoms with Crippen LogP contribution in [0.3, 0.4) is 0 Å². The van der Waals surface area contributed by atoms with Crippen LogP contribution in [0, 0.1) is 0 Å². The summed E-state index contributed by atoms with van der Waals surface area (Å²) in [7, 11) is 0. The van der Waals surface area contributed by atoms with Crippen molar-refractivity contribution in [2.45, 2.75) is 26.0 Å². The van der Waals surface area contributed by atoms with Gasteiger partial charge in [0.05, 0.1) is 6.10 Å². The number of para-hydroxylation sites is 1. The highest BCUT2D eigenvalue weighted by Gasteiger charge is 2.13. The van der Waals surface area contributed by atoms with Crippen LogP contribution in [0.4, 0.5) is 5.69 Å². The largest absolute Gasteiger partial charge is 0.398 e. The summed E-state index contributed by atoms with van der Waals surface area (Å²) in [5.41, 5.74) is 7.22. The van der Waals surface area contributed by atoms with Crippen molar-refractivity contribution in [1.29, 1.82) is 0 Å². The topological polar surface area (TPSA) is 64.1 Å². The van der Waals surface area contributed by atoms with Crippen molar-refractivity contribution in [2.24, 2.45) is 0 Å². The molecular weight excluding hydrogens is 214 g/mol. The van der Waals surface area contributed by atoms with E-state index in [4.69, 9.17) is 5.73 Å². The number of benzene rings is 1. The van der Waals surface area contributed by atoms with Gasteiger partial charge in [-0.3, -0.25) is 0 Å². The fourth-order valence-electron chi connectivity index (χ4n) is 1.92. The van der Waals surface area contributed by atoms with Gasteiger partial charge in [-0.2, -0.15) is 0 Å². The first kappa shape index (κ1) is 11.7. The number of imidazole rings is 1. The monoisotopic (exact) mass is 231 g/mol. The number of anilines is 1. The molecule has 4 heteroatoms. The molecule has 1 atom stereocenters. The van der Waals surface area contributed by atoms with Crippen LogP contribution in [0.2, 0.25) is 0 Å². The van der Waals surface area contributed by atoms with Gasteiger partial charge in [0.1, 0.15) is 5.82 Å². The second-order valence-corrected chi connectivity index (χ2v) is 3.98. The number of aliphatic hydroxyl groups is 1. The molecule has 90 valence electrons. The molecule has 1 aromatic carbocycles. The van der Waals surface area contributed by atoms with Crippen molar-refractivity contribution >= 4 is 5.69 Å². The van der Waals surface area contributed by atoms with Gasteiger partial charge in [0.2, 0.25) is 0 Å². The van der Waals surface area contributed by atoms with E-state index in [0.29, 0.717) is 12.1 Å². The summed E-state index contributed by atoms with van der Waals surface area (Å²) in [5.74, 6) is 0.878. The smallest absolute Gasteiger partial charge is 0.111 e. The second kappa shape index (κ2) is 5.01. The third kappa shape index (κ3) is 2.47. The lowest BCUT2D eigenvalue weighted by Gasteiger charge is -2.13. The third-order valence-electron chi connectivity index (χ3n) is 2.87. The molecule has 17 heavy (non-hydrogen) atoms. The third-order valence-corrected chi connectivity index (χ3v) is 2.87. The molecule has 4 nitrogen and oxygen atoms in total. The van der Waals surface area contributed by atoms with E-state index in [1.165, 1.54) is 0 Å². The van der Waals surface area contributed by atoms with Crippen molar-refractivity contribution < 1.29 is 5.11 Å². The molecule has 1 aromatic heterocycles. The van der Waals surface area contributed by atoms with E-state index in [-0.39, 0.29) is 0 Å². The van der Waals surface area contributed by atoms with Gasteiger partial charge in [0.25, 0.3) is 0 Å². The first-order valence-corrected chi connectivity index (χ1v) is 5.74. The first-order chi connectivity index (χ1) is 8.22. The molecule has 3 N–H and O–H groups in total. The van der Waals surface area contributed by atoms with Gasteiger partial charge < -0.3 is 15.4 Å². The number of hydrogen-bond donors (Lipinski definition) is 2. The summed E-state index contributed by atoms with van der Waals surface area (Å²) >= 11 is 0. The number of aromatic nitrogens is 2. The summed E-state index contributed by atoms with van der Waals surface area (Å²) in [6.07, 6.45) is 3.54. The number of aryl methyl sites for hydroxylation is 1. The highest BCUT2D eigenvalue weighted by Crippen LogP contribution is 2.22. The van der Waals surface area contributed by atoms with Gasteiger partial charge in [-0.15, -0.1) is 0 Å². The Morgan fingerprint density at radius 1 is 1.41 bits per heavy atom. The maximum Gasteiger partial charge on any atom is 0.111 e. The highest BCUT2D eigenvalue weighted by atomic mass is 16.3. The SMILES string of the molecule is CCn1ccnc1CC(O)c1ccccc1N. The minimum atomic E-state index is -0.608. The number of nitrogens with zero attached hydrogens (tertiary/aromatic N) is 2. The molecule has 0 saturated carbocycles. The molecule has 0 radical (unpaired) electrons. The Morgan fingerprint density at radius 2 is 2.18 bits per heavy atom. The van der Waals surface area contributed by atoms with E-state index in [1.54, 1.807) is 12.3 Å². The average molecular weight is 231 g/mol. The molecule has 0 aliphatic carbocycles. The zero-order valence-electron chi connectivity index (χ0n) is 9.87. The van der Waals surface area contributed by atoms with E-state index >= 15 is 0 Å². The first-order valence-electron chi connectivity index (χ1n) is 5.74. The van der Waals surface area contributed by atoms with Crippen LogP contribution >= 0.6 is 0 Å². The highest BCUT2D eigenvalue weighted by molar-refractivity contribution is 5.47. The quantitative estimate of drug-likeness (QED) is 0.788. The van der Waals surface area contributed by atoms with Crippen molar-refractivity contribution in [1.82, 2.24) is 9.55 Å². The molecule has 0 fully saturated rings. The zero-order chi connectivity index (χ0) is 12.3. The maximum absolute atomic E-state index is 10.2. The number of hydrogen-bond acceptors (Lipinski definition) is 3. The van der Waals surface area contributed by atoms with Crippen LogP contribution < -0.4 is 5.73 Å². The molecule has 0 aliphatic heterocycles. The van der Waals surface area contributed by atoms with E-state index in [0.717, 1.165) is 17.9 Å². The van der Waals surface area contributed by atoms with E-state index in [2.05, 4.69) is 11.9 Å². The molecule has 2 rings (SSSR count). The molecule has 0 saturated heterocycles. The summed E-state index contributed by atoms with van der Waals surface area (Å²) in [5, 5.41) is 10.2. The van der Waals surface area contributed by atoms with Crippen LogP contribution in [0.1, 0.15) is 24.4 Å². The van der Waals surface area contributed by atoms with Gasteiger partial charge in [-0.05, 0) is 13.0 Å². The van der Waals surface area contributed by atoms with E-state index in [1.807, 2.05) is 29.0 Å². The Balaban J connectivity index is 2.17. The Bertz CT molecular complexity index is 493. The lowest BCUT2D eigenvalue weighted by Crippen LogP contribution is -2.09. The molecule has 0 spiro atoms. The summed E-state index contributed by atoms with van der Waals surface area (Å²) in [6.45, 7) is 2.90. The molecule has 1 heterocycles. The van der Waals surface area contributed by atoms with Gasteiger partial charge >= 0.3 is 0 Å².